The van der Waals surface area contributed by atoms with E-state index in [-0.39, 0.29) is 12.4 Å². The van der Waals surface area contributed by atoms with Crippen LogP contribution in [0.2, 0.25) is 0 Å². The van der Waals surface area contributed by atoms with Crippen molar-refractivity contribution in [2.24, 2.45) is 0 Å². The summed E-state index contributed by atoms with van der Waals surface area (Å²) in [6, 6.07) is 7.10. The van der Waals surface area contributed by atoms with Gasteiger partial charge in [-0.25, -0.2) is 14.2 Å². The molecule has 2 rings (SSSR count). The molecule has 1 atom stereocenters. The van der Waals surface area contributed by atoms with Gasteiger partial charge in [0, 0.05) is 11.9 Å². The molecule has 0 aliphatic carbocycles. The molecule has 1 unspecified atom stereocenters. The predicted molar refractivity (Wildman–Crippen MR) is 81.8 cm³/mol. The molecular weight excluding hydrogens is 305 g/mol. The molecule has 1 aromatic heterocycles. The summed E-state index contributed by atoms with van der Waals surface area (Å²) in [7, 11) is 1.66. The van der Waals surface area contributed by atoms with Gasteiger partial charge >= 0.3 is 6.03 Å². The van der Waals surface area contributed by atoms with Gasteiger partial charge in [0.05, 0.1) is 11.8 Å². The average molecular weight is 319 g/mol. The van der Waals surface area contributed by atoms with Crippen LogP contribution in [0, 0.1) is 17.1 Å². The number of nitrogens with one attached hydrogen (secondary N) is 3. The molecule has 2 amide bonds. The Hall–Kier alpha value is -2.50. The lowest BCUT2D eigenvalue weighted by Crippen LogP contribution is -2.28. The molecule has 0 radical (unpaired) electrons. The van der Waals surface area contributed by atoms with Gasteiger partial charge in [-0.05, 0) is 24.7 Å². The van der Waals surface area contributed by atoms with Gasteiger partial charge in [-0.3, -0.25) is 10.6 Å². The number of carbonyl (C=O) groups is 1. The van der Waals surface area contributed by atoms with Crippen molar-refractivity contribution in [3.8, 4) is 6.07 Å². The molecule has 114 valence electrons. The van der Waals surface area contributed by atoms with Gasteiger partial charge in [0.15, 0.2) is 5.13 Å². The summed E-state index contributed by atoms with van der Waals surface area (Å²) in [6.45, 7) is 0.208. The summed E-state index contributed by atoms with van der Waals surface area (Å²) in [5.41, 5.74) is 1.21. The second-order valence-corrected chi connectivity index (χ2v) is 5.22. The molecule has 0 spiro atoms. The first-order valence-corrected chi connectivity index (χ1v) is 7.32. The van der Waals surface area contributed by atoms with Crippen molar-refractivity contribution in [1.82, 2.24) is 15.6 Å². The second kappa shape index (κ2) is 7.49. The van der Waals surface area contributed by atoms with E-state index >= 15 is 0 Å². The van der Waals surface area contributed by atoms with Crippen molar-refractivity contribution in [1.29, 1.82) is 5.26 Å². The third-order valence-corrected chi connectivity index (χ3v) is 3.57. The number of urea groups is 1. The number of nitriles is 1. The Balaban J connectivity index is 1.88. The van der Waals surface area contributed by atoms with Crippen molar-refractivity contribution >= 4 is 22.5 Å². The molecule has 0 aliphatic rings. The molecule has 0 aliphatic heterocycles. The first-order chi connectivity index (χ1) is 10.6. The fourth-order valence-corrected chi connectivity index (χ4v) is 2.46. The molecule has 0 fully saturated rings. The number of carbonyl (C=O) groups excluding carboxylic acids is 1. The summed E-state index contributed by atoms with van der Waals surface area (Å²) in [6.07, 6.45) is 0. The number of hydrogen-bond acceptors (Lipinski definition) is 5. The van der Waals surface area contributed by atoms with E-state index in [2.05, 4.69) is 27.0 Å². The van der Waals surface area contributed by atoms with Gasteiger partial charge < -0.3 is 5.32 Å². The Labute approximate surface area is 131 Å². The summed E-state index contributed by atoms with van der Waals surface area (Å²) in [5.74, 6) is -0.348. The number of aromatic nitrogens is 1. The maximum absolute atomic E-state index is 13.0. The minimum absolute atomic E-state index is 0.208. The number of thiazole rings is 1. The van der Waals surface area contributed by atoms with Crippen LogP contribution in [-0.4, -0.2) is 18.1 Å². The second-order valence-electron chi connectivity index (χ2n) is 4.37. The van der Waals surface area contributed by atoms with Gasteiger partial charge in [-0.1, -0.05) is 12.1 Å². The molecular formula is C14H14FN5OS. The van der Waals surface area contributed by atoms with Gasteiger partial charge in [0.25, 0.3) is 0 Å². The molecule has 22 heavy (non-hydrogen) atoms. The normalized spacial score (nSPS) is 11.5. The van der Waals surface area contributed by atoms with Crippen molar-refractivity contribution in [3.63, 3.8) is 0 Å². The van der Waals surface area contributed by atoms with Crippen LogP contribution in [0.1, 0.15) is 17.3 Å². The van der Waals surface area contributed by atoms with Crippen LogP contribution in [0.4, 0.5) is 14.3 Å². The number of benzene rings is 1. The Morgan fingerprint density at radius 2 is 2.36 bits per heavy atom. The smallest absolute Gasteiger partial charge is 0.321 e. The van der Waals surface area contributed by atoms with Gasteiger partial charge in [-0.15, -0.1) is 11.3 Å². The zero-order chi connectivity index (χ0) is 15.9. The fraction of sp³-hybridized carbons (Fsp3) is 0.214. The third-order valence-electron chi connectivity index (χ3n) is 2.80. The van der Waals surface area contributed by atoms with Crippen LogP contribution in [0.5, 0.6) is 0 Å². The van der Waals surface area contributed by atoms with Gasteiger partial charge in [-0.2, -0.15) is 5.26 Å². The van der Waals surface area contributed by atoms with Gasteiger partial charge in [0.1, 0.15) is 11.9 Å². The molecule has 6 nitrogen and oxygen atoms in total. The highest BCUT2D eigenvalue weighted by atomic mass is 32.1. The van der Waals surface area contributed by atoms with E-state index in [0.29, 0.717) is 16.4 Å². The highest BCUT2D eigenvalue weighted by molar-refractivity contribution is 7.13. The lowest BCUT2D eigenvalue weighted by molar-refractivity contribution is 0.251. The van der Waals surface area contributed by atoms with E-state index in [1.165, 1.54) is 23.5 Å². The maximum atomic E-state index is 13.0. The molecule has 0 bridgehead atoms. The van der Waals surface area contributed by atoms with Crippen molar-refractivity contribution in [3.05, 3.63) is 46.7 Å². The molecule has 1 heterocycles. The number of hydrogen-bond donors (Lipinski definition) is 3. The fourth-order valence-electron chi connectivity index (χ4n) is 1.73. The molecule has 8 heteroatoms. The lowest BCUT2D eigenvalue weighted by Gasteiger charge is -2.06. The average Bonchev–Trinajstić information content (AvgIpc) is 2.95. The van der Waals surface area contributed by atoms with Crippen molar-refractivity contribution in [2.75, 3.05) is 12.4 Å². The summed E-state index contributed by atoms with van der Waals surface area (Å²) in [4.78, 5) is 15.9. The molecule has 0 saturated carbocycles. The maximum Gasteiger partial charge on any atom is 0.321 e. The Morgan fingerprint density at radius 1 is 1.55 bits per heavy atom. The number of rotatable bonds is 5. The molecule has 2 aromatic rings. The standard InChI is InChI=1S/C14H14FN5OS/c1-17-11(6-16)12-8-22-14(19-12)20-13(21)18-7-9-3-2-4-10(15)5-9/h2-5,8,11,17H,7H2,1H3,(H2,18,19,20,21). The largest absolute Gasteiger partial charge is 0.334 e. The van der Waals surface area contributed by atoms with E-state index in [1.54, 1.807) is 24.6 Å². The number of anilines is 1. The number of halogens is 1. The van der Waals surface area contributed by atoms with Crippen LogP contribution in [0.3, 0.4) is 0 Å². The monoisotopic (exact) mass is 319 g/mol. The summed E-state index contributed by atoms with van der Waals surface area (Å²) >= 11 is 1.23. The minimum atomic E-state index is -0.512. The zero-order valence-electron chi connectivity index (χ0n) is 11.8. The first kappa shape index (κ1) is 15.9. The SMILES string of the molecule is CNC(C#N)c1csc(NC(=O)NCc2cccc(F)c2)n1. The van der Waals surface area contributed by atoms with E-state index < -0.39 is 12.1 Å². The van der Waals surface area contributed by atoms with Crippen molar-refractivity contribution in [2.45, 2.75) is 12.6 Å². The Kier molecular flexibility index (Phi) is 5.41. The first-order valence-electron chi connectivity index (χ1n) is 6.44. The Bertz CT molecular complexity index is 697. The van der Waals surface area contributed by atoms with Crippen LogP contribution >= 0.6 is 11.3 Å². The van der Waals surface area contributed by atoms with Crippen LogP contribution in [0.15, 0.2) is 29.6 Å². The van der Waals surface area contributed by atoms with E-state index in [9.17, 15) is 9.18 Å². The van der Waals surface area contributed by atoms with E-state index in [4.69, 9.17) is 5.26 Å². The van der Waals surface area contributed by atoms with Crippen LogP contribution < -0.4 is 16.0 Å². The summed E-state index contributed by atoms with van der Waals surface area (Å²) < 4.78 is 13.0. The quantitative estimate of drug-likeness (QED) is 0.789. The highest BCUT2D eigenvalue weighted by Gasteiger charge is 2.13. The topological polar surface area (TPSA) is 89.8 Å². The van der Waals surface area contributed by atoms with E-state index in [0.717, 1.165) is 0 Å². The highest BCUT2D eigenvalue weighted by Crippen LogP contribution is 2.20. The van der Waals surface area contributed by atoms with Crippen molar-refractivity contribution < 1.29 is 9.18 Å². The summed E-state index contributed by atoms with van der Waals surface area (Å²) in [5, 5.41) is 19.0. The predicted octanol–water partition coefficient (Wildman–Crippen LogP) is 2.39. The van der Waals surface area contributed by atoms with Crippen LogP contribution in [0.25, 0.3) is 0 Å². The number of nitrogens with zero attached hydrogens (tertiary/aromatic N) is 2. The minimum Gasteiger partial charge on any atom is -0.334 e. The molecule has 1 aromatic carbocycles. The molecule has 0 saturated heterocycles. The van der Waals surface area contributed by atoms with E-state index in [1.807, 2.05) is 0 Å². The van der Waals surface area contributed by atoms with Crippen LogP contribution in [-0.2, 0) is 6.54 Å². The lowest BCUT2D eigenvalue weighted by atomic mass is 10.2. The zero-order valence-corrected chi connectivity index (χ0v) is 12.6. The third kappa shape index (κ3) is 4.25. The van der Waals surface area contributed by atoms with Gasteiger partial charge in [0.2, 0.25) is 0 Å². The number of amides is 2. The Morgan fingerprint density at radius 3 is 3.05 bits per heavy atom. The molecule has 3 N–H and O–H groups in total.